The molecular weight excluding hydrogens is 436 g/mol. The first-order chi connectivity index (χ1) is 15.8. The third kappa shape index (κ3) is 3.88. The van der Waals surface area contributed by atoms with E-state index in [0.717, 1.165) is 33.8 Å². The second-order valence-corrected chi connectivity index (χ2v) is 10.0. The van der Waals surface area contributed by atoms with E-state index in [9.17, 15) is 14.4 Å². The summed E-state index contributed by atoms with van der Waals surface area (Å²) in [6, 6.07) is 15.1. The summed E-state index contributed by atoms with van der Waals surface area (Å²) in [5.41, 5.74) is 1.63. The van der Waals surface area contributed by atoms with E-state index in [1.807, 2.05) is 49.4 Å². The average molecular weight is 463 g/mol. The number of benzene rings is 2. The summed E-state index contributed by atoms with van der Waals surface area (Å²) in [7, 11) is 0. The minimum atomic E-state index is -1.16. The van der Waals surface area contributed by atoms with Crippen LogP contribution in [0.3, 0.4) is 0 Å². The van der Waals surface area contributed by atoms with Crippen LogP contribution in [0.4, 0.5) is 4.79 Å². The number of carbonyl (C=O) groups is 3. The second-order valence-electron chi connectivity index (χ2n) is 8.99. The molecule has 3 aromatic rings. The van der Waals surface area contributed by atoms with Gasteiger partial charge < -0.3 is 10.2 Å². The third-order valence-corrected chi connectivity index (χ3v) is 7.90. The van der Waals surface area contributed by atoms with Crippen molar-refractivity contribution in [2.45, 2.75) is 38.1 Å². The van der Waals surface area contributed by atoms with Crippen molar-refractivity contribution < 1.29 is 14.4 Å². The molecule has 170 valence electrons. The maximum absolute atomic E-state index is 13.1. The van der Waals surface area contributed by atoms with E-state index in [0.29, 0.717) is 24.6 Å². The molecule has 1 N–H and O–H groups in total. The monoisotopic (exact) mass is 462 g/mol. The molecule has 3 heterocycles. The lowest BCUT2D eigenvalue weighted by Gasteiger charge is -2.32. The van der Waals surface area contributed by atoms with E-state index in [1.165, 1.54) is 4.70 Å². The molecule has 0 unspecified atom stereocenters. The highest BCUT2D eigenvalue weighted by Gasteiger charge is 2.49. The van der Waals surface area contributed by atoms with Gasteiger partial charge in [0.15, 0.2) is 0 Å². The molecule has 1 aromatic heterocycles. The SMILES string of the molecule is Cc1ccc([C@]2(C)NC(=O)N(CC(=O)N3CCC(c4nc5ccccc5s4)CC3)C2=O)cc1. The zero-order valence-corrected chi connectivity index (χ0v) is 19.5. The predicted molar refractivity (Wildman–Crippen MR) is 127 cm³/mol. The Hall–Kier alpha value is -3.26. The van der Waals surface area contributed by atoms with E-state index in [4.69, 9.17) is 4.98 Å². The van der Waals surface area contributed by atoms with Gasteiger partial charge in [-0.2, -0.15) is 0 Å². The molecule has 0 aliphatic carbocycles. The van der Waals surface area contributed by atoms with Crippen LogP contribution in [-0.2, 0) is 15.1 Å². The van der Waals surface area contributed by atoms with Gasteiger partial charge in [-0.3, -0.25) is 14.5 Å². The fourth-order valence-corrected chi connectivity index (χ4v) is 5.74. The number of urea groups is 1. The Morgan fingerprint density at radius 1 is 1.12 bits per heavy atom. The van der Waals surface area contributed by atoms with Gasteiger partial charge in [-0.05, 0) is 44.4 Å². The Balaban J connectivity index is 1.22. The van der Waals surface area contributed by atoms with Gasteiger partial charge in [0.05, 0.1) is 15.2 Å². The molecule has 2 aliphatic rings. The molecule has 2 saturated heterocycles. The number of hydrogen-bond donors (Lipinski definition) is 1. The van der Waals surface area contributed by atoms with E-state index in [-0.39, 0.29) is 12.5 Å². The Morgan fingerprint density at radius 3 is 2.52 bits per heavy atom. The summed E-state index contributed by atoms with van der Waals surface area (Å²) in [6.45, 7) is 4.60. The molecule has 2 aromatic carbocycles. The smallest absolute Gasteiger partial charge is 0.325 e. The zero-order valence-electron chi connectivity index (χ0n) is 18.7. The first kappa shape index (κ1) is 21.6. The number of nitrogens with one attached hydrogen (secondary N) is 1. The quantitative estimate of drug-likeness (QED) is 0.598. The maximum atomic E-state index is 13.1. The van der Waals surface area contributed by atoms with E-state index in [1.54, 1.807) is 23.2 Å². The average Bonchev–Trinajstić information content (AvgIpc) is 3.35. The normalized spacial score (nSPS) is 21.6. The van der Waals surface area contributed by atoms with Crippen LogP contribution in [0, 0.1) is 6.92 Å². The predicted octanol–water partition coefficient (Wildman–Crippen LogP) is 3.78. The lowest BCUT2D eigenvalue weighted by molar-refractivity contribution is -0.139. The van der Waals surface area contributed by atoms with Crippen molar-refractivity contribution in [2.24, 2.45) is 0 Å². The minimum absolute atomic E-state index is 0.200. The van der Waals surface area contributed by atoms with Gasteiger partial charge in [0.2, 0.25) is 5.91 Å². The molecule has 5 rings (SSSR count). The molecule has 2 aliphatic heterocycles. The Labute approximate surface area is 196 Å². The number of imide groups is 1. The van der Waals surface area contributed by atoms with Gasteiger partial charge in [-0.25, -0.2) is 9.78 Å². The number of aromatic nitrogens is 1. The Kier molecular flexibility index (Phi) is 5.40. The molecule has 1 atom stereocenters. The van der Waals surface area contributed by atoms with Gasteiger partial charge in [-0.15, -0.1) is 11.3 Å². The van der Waals surface area contributed by atoms with Crippen molar-refractivity contribution in [1.82, 2.24) is 20.1 Å². The molecule has 0 saturated carbocycles. The highest BCUT2D eigenvalue weighted by Crippen LogP contribution is 2.34. The lowest BCUT2D eigenvalue weighted by Crippen LogP contribution is -2.46. The van der Waals surface area contributed by atoms with E-state index >= 15 is 0 Å². The van der Waals surface area contributed by atoms with Gasteiger partial charge in [-0.1, -0.05) is 42.0 Å². The maximum Gasteiger partial charge on any atom is 0.325 e. The zero-order chi connectivity index (χ0) is 23.2. The first-order valence-electron chi connectivity index (χ1n) is 11.2. The fourth-order valence-electron chi connectivity index (χ4n) is 4.60. The number of piperidine rings is 1. The van der Waals surface area contributed by atoms with Crippen molar-refractivity contribution in [3.05, 3.63) is 64.7 Å². The second kappa shape index (κ2) is 8.26. The summed E-state index contributed by atoms with van der Waals surface area (Å²) >= 11 is 1.72. The number of thiazole rings is 1. The summed E-state index contributed by atoms with van der Waals surface area (Å²) in [4.78, 5) is 46.3. The lowest BCUT2D eigenvalue weighted by atomic mass is 9.91. The van der Waals surface area contributed by atoms with Crippen molar-refractivity contribution in [2.75, 3.05) is 19.6 Å². The van der Waals surface area contributed by atoms with Crippen LogP contribution in [0.1, 0.15) is 41.8 Å². The van der Waals surface area contributed by atoms with Crippen LogP contribution < -0.4 is 5.32 Å². The standard InChI is InChI=1S/C25H26N4O3S/c1-16-7-9-18(10-8-16)25(2)23(31)29(24(32)27-25)15-21(30)28-13-11-17(12-14-28)22-26-19-5-3-4-6-20(19)33-22/h3-10,17H,11-15H2,1-2H3,(H,27,32)/t25-/m0/s1. The molecule has 2 fully saturated rings. The molecule has 33 heavy (non-hydrogen) atoms. The van der Waals surface area contributed by atoms with E-state index < -0.39 is 17.5 Å². The van der Waals surface area contributed by atoms with Crippen molar-refractivity contribution >= 4 is 39.4 Å². The molecular formula is C25H26N4O3S. The van der Waals surface area contributed by atoms with Crippen LogP contribution in [0.2, 0.25) is 0 Å². The number of carbonyl (C=O) groups excluding carboxylic acids is 3. The van der Waals surface area contributed by atoms with Crippen molar-refractivity contribution in [3.63, 3.8) is 0 Å². The van der Waals surface area contributed by atoms with Crippen LogP contribution in [0.15, 0.2) is 48.5 Å². The number of para-hydroxylation sites is 1. The third-order valence-electron chi connectivity index (χ3n) is 6.70. The Morgan fingerprint density at radius 2 is 1.82 bits per heavy atom. The van der Waals surface area contributed by atoms with Crippen LogP contribution >= 0.6 is 11.3 Å². The van der Waals surface area contributed by atoms with Crippen LogP contribution in [-0.4, -0.2) is 52.3 Å². The van der Waals surface area contributed by atoms with Gasteiger partial charge in [0.1, 0.15) is 12.1 Å². The molecule has 0 bridgehead atoms. The largest absolute Gasteiger partial charge is 0.341 e. The summed E-state index contributed by atoms with van der Waals surface area (Å²) in [5, 5.41) is 3.89. The molecule has 8 heteroatoms. The van der Waals surface area contributed by atoms with Gasteiger partial charge in [0, 0.05) is 19.0 Å². The summed E-state index contributed by atoms with van der Waals surface area (Å²) in [5.74, 6) is -0.267. The number of nitrogens with zero attached hydrogens (tertiary/aromatic N) is 3. The molecule has 0 radical (unpaired) electrons. The highest BCUT2D eigenvalue weighted by molar-refractivity contribution is 7.18. The molecule has 4 amide bonds. The fraction of sp³-hybridized carbons (Fsp3) is 0.360. The van der Waals surface area contributed by atoms with Crippen molar-refractivity contribution in [1.29, 1.82) is 0 Å². The number of rotatable bonds is 4. The first-order valence-corrected chi connectivity index (χ1v) is 12.0. The topological polar surface area (TPSA) is 82.6 Å². The number of hydrogen-bond acceptors (Lipinski definition) is 5. The van der Waals surface area contributed by atoms with Gasteiger partial charge >= 0.3 is 6.03 Å². The molecule has 7 nitrogen and oxygen atoms in total. The van der Waals surface area contributed by atoms with Crippen LogP contribution in [0.5, 0.6) is 0 Å². The summed E-state index contributed by atoms with van der Waals surface area (Å²) < 4.78 is 1.18. The van der Waals surface area contributed by atoms with Gasteiger partial charge in [0.25, 0.3) is 5.91 Å². The minimum Gasteiger partial charge on any atom is -0.341 e. The number of aryl methyl sites for hydroxylation is 1. The molecule has 0 spiro atoms. The Bertz CT molecular complexity index is 1200. The highest BCUT2D eigenvalue weighted by atomic mass is 32.1. The number of fused-ring (bicyclic) bond motifs is 1. The number of likely N-dealkylation sites (tertiary alicyclic amines) is 1. The van der Waals surface area contributed by atoms with Crippen LogP contribution in [0.25, 0.3) is 10.2 Å². The van der Waals surface area contributed by atoms with Crippen molar-refractivity contribution in [3.8, 4) is 0 Å². The summed E-state index contributed by atoms with van der Waals surface area (Å²) in [6.07, 6.45) is 1.65. The van der Waals surface area contributed by atoms with E-state index in [2.05, 4.69) is 11.4 Å². The number of amides is 4.